The molecule has 0 aliphatic heterocycles. The van der Waals surface area contributed by atoms with Gasteiger partial charge in [0.25, 0.3) is 0 Å². The number of methoxy groups -OCH3 is 1. The first-order valence-electron chi connectivity index (χ1n) is 5.93. The molecule has 0 saturated heterocycles. The van der Waals surface area contributed by atoms with Crippen LogP contribution < -0.4 is 4.74 Å². The van der Waals surface area contributed by atoms with Crippen LogP contribution in [-0.2, 0) is 9.53 Å². The maximum atomic E-state index is 11.6. The topological polar surface area (TPSA) is 59.0 Å². The minimum atomic E-state index is -0.145. The first kappa shape index (κ1) is 15.2. The Labute approximate surface area is 113 Å². The second-order valence-electron chi connectivity index (χ2n) is 3.94. The van der Waals surface area contributed by atoms with Gasteiger partial charge < -0.3 is 19.5 Å². The summed E-state index contributed by atoms with van der Waals surface area (Å²) in [4.78, 5) is 13.1. The Morgan fingerprint density at radius 2 is 2.05 bits per heavy atom. The smallest absolute Gasteiger partial charge is 0.246 e. The summed E-state index contributed by atoms with van der Waals surface area (Å²) in [5.41, 5.74) is 0.899. The van der Waals surface area contributed by atoms with E-state index in [2.05, 4.69) is 0 Å². The molecule has 104 valence electrons. The molecule has 5 nitrogen and oxygen atoms in total. The van der Waals surface area contributed by atoms with Crippen molar-refractivity contribution in [1.29, 1.82) is 0 Å². The number of hydrogen-bond acceptors (Lipinski definition) is 4. The van der Waals surface area contributed by atoms with E-state index in [-0.39, 0.29) is 19.3 Å². The van der Waals surface area contributed by atoms with Gasteiger partial charge in [-0.3, -0.25) is 4.79 Å². The van der Waals surface area contributed by atoms with Crippen LogP contribution in [0.15, 0.2) is 30.3 Å². The van der Waals surface area contributed by atoms with Gasteiger partial charge in [0, 0.05) is 26.8 Å². The Morgan fingerprint density at radius 3 is 2.63 bits per heavy atom. The van der Waals surface area contributed by atoms with Crippen LogP contribution in [0, 0.1) is 0 Å². The highest BCUT2D eigenvalue weighted by molar-refractivity contribution is 5.91. The summed E-state index contributed by atoms with van der Waals surface area (Å²) < 4.78 is 10.1. The normalized spacial score (nSPS) is 10.7. The van der Waals surface area contributed by atoms with E-state index in [0.29, 0.717) is 12.3 Å². The monoisotopic (exact) mass is 265 g/mol. The number of aliphatic hydroxyl groups is 1. The van der Waals surface area contributed by atoms with Crippen LogP contribution in [-0.4, -0.2) is 50.0 Å². The fraction of sp³-hybridized carbons (Fsp3) is 0.357. The van der Waals surface area contributed by atoms with E-state index in [1.165, 1.54) is 11.0 Å². The van der Waals surface area contributed by atoms with E-state index in [1.807, 2.05) is 12.1 Å². The molecule has 0 atom stereocenters. The zero-order valence-corrected chi connectivity index (χ0v) is 11.2. The van der Waals surface area contributed by atoms with Crippen molar-refractivity contribution < 1.29 is 19.4 Å². The molecule has 0 saturated carbocycles. The number of carbonyl (C=O) groups excluding carboxylic acids is 1. The van der Waals surface area contributed by atoms with Gasteiger partial charge in [-0.15, -0.1) is 0 Å². The van der Waals surface area contributed by atoms with Crippen molar-refractivity contribution in [3.63, 3.8) is 0 Å². The number of nitrogens with zero attached hydrogens (tertiary/aromatic N) is 1. The Hall–Kier alpha value is -1.85. The number of amides is 1. The lowest BCUT2D eigenvalue weighted by Crippen LogP contribution is -2.27. The first-order chi connectivity index (χ1) is 9.17. The third-order valence-corrected chi connectivity index (χ3v) is 2.45. The average Bonchev–Trinajstić information content (AvgIpc) is 2.43. The highest BCUT2D eigenvalue weighted by Gasteiger charge is 2.02. The zero-order chi connectivity index (χ0) is 14.1. The van der Waals surface area contributed by atoms with E-state index in [4.69, 9.17) is 14.6 Å². The zero-order valence-electron chi connectivity index (χ0n) is 11.2. The van der Waals surface area contributed by atoms with Crippen LogP contribution in [0.2, 0.25) is 0 Å². The van der Waals surface area contributed by atoms with Crippen LogP contribution >= 0.6 is 0 Å². The number of aliphatic hydroxyl groups excluding tert-OH is 1. The molecule has 0 radical (unpaired) electrons. The molecule has 1 aromatic carbocycles. The van der Waals surface area contributed by atoms with Gasteiger partial charge in [0.1, 0.15) is 5.75 Å². The molecule has 1 amide bonds. The highest BCUT2D eigenvalue weighted by Crippen LogP contribution is 2.13. The quantitative estimate of drug-likeness (QED) is 0.593. The molecule has 19 heavy (non-hydrogen) atoms. The van der Waals surface area contributed by atoms with Crippen molar-refractivity contribution in [2.24, 2.45) is 0 Å². The molecule has 0 aliphatic carbocycles. The molecule has 0 aromatic heterocycles. The van der Waals surface area contributed by atoms with Gasteiger partial charge >= 0.3 is 0 Å². The summed E-state index contributed by atoms with van der Waals surface area (Å²) in [6.45, 7) is 0.494. The SMILES string of the molecule is COCOc1ccc(/C=C/C(=O)N(C)CCO)cc1. The number of benzene rings is 1. The Kier molecular flexibility index (Phi) is 6.63. The van der Waals surface area contributed by atoms with Crippen molar-refractivity contribution in [2.45, 2.75) is 0 Å². The van der Waals surface area contributed by atoms with Gasteiger partial charge in [-0.05, 0) is 23.8 Å². The number of hydrogen-bond donors (Lipinski definition) is 1. The van der Waals surface area contributed by atoms with E-state index in [0.717, 1.165) is 5.56 Å². The number of likely N-dealkylation sites (N-methyl/N-ethyl adjacent to an activating group) is 1. The largest absolute Gasteiger partial charge is 0.468 e. The molecule has 0 spiro atoms. The van der Waals surface area contributed by atoms with Crippen LogP contribution in [0.5, 0.6) is 5.75 Å². The van der Waals surface area contributed by atoms with Gasteiger partial charge in [0.05, 0.1) is 6.61 Å². The third-order valence-electron chi connectivity index (χ3n) is 2.45. The fourth-order valence-corrected chi connectivity index (χ4v) is 1.36. The molecule has 1 rings (SSSR count). The Balaban J connectivity index is 2.54. The molecular formula is C14H19NO4. The summed E-state index contributed by atoms with van der Waals surface area (Å²) >= 11 is 0. The summed E-state index contributed by atoms with van der Waals surface area (Å²) in [7, 11) is 3.20. The van der Waals surface area contributed by atoms with Crippen LogP contribution in [0.4, 0.5) is 0 Å². The summed E-state index contributed by atoms with van der Waals surface area (Å²) in [6, 6.07) is 7.31. The van der Waals surface area contributed by atoms with Gasteiger partial charge in [0.2, 0.25) is 5.91 Å². The van der Waals surface area contributed by atoms with Crippen molar-refractivity contribution >= 4 is 12.0 Å². The summed E-state index contributed by atoms with van der Waals surface area (Å²) in [5.74, 6) is 0.566. The number of carbonyl (C=O) groups is 1. The molecule has 0 unspecified atom stereocenters. The van der Waals surface area contributed by atoms with Crippen molar-refractivity contribution in [3.8, 4) is 5.75 Å². The second-order valence-corrected chi connectivity index (χ2v) is 3.94. The summed E-state index contributed by atoms with van der Waals surface area (Å²) in [6.07, 6.45) is 3.19. The number of ether oxygens (including phenoxy) is 2. The molecule has 1 aromatic rings. The minimum absolute atomic E-state index is 0.0401. The van der Waals surface area contributed by atoms with Gasteiger partial charge in [0.15, 0.2) is 6.79 Å². The van der Waals surface area contributed by atoms with Gasteiger partial charge in [-0.1, -0.05) is 12.1 Å². The molecule has 0 bridgehead atoms. The van der Waals surface area contributed by atoms with E-state index in [1.54, 1.807) is 32.4 Å². The predicted octanol–water partition coefficient (Wildman–Crippen LogP) is 1.13. The predicted molar refractivity (Wildman–Crippen MR) is 72.7 cm³/mol. The molecule has 1 N–H and O–H groups in total. The fourth-order valence-electron chi connectivity index (χ4n) is 1.36. The average molecular weight is 265 g/mol. The lowest BCUT2D eigenvalue weighted by atomic mass is 10.2. The van der Waals surface area contributed by atoms with Gasteiger partial charge in [-0.2, -0.15) is 0 Å². The van der Waals surface area contributed by atoms with Crippen LogP contribution in [0.1, 0.15) is 5.56 Å². The van der Waals surface area contributed by atoms with Crippen LogP contribution in [0.3, 0.4) is 0 Å². The van der Waals surface area contributed by atoms with Gasteiger partial charge in [-0.25, -0.2) is 0 Å². The Morgan fingerprint density at radius 1 is 1.37 bits per heavy atom. The van der Waals surface area contributed by atoms with Crippen molar-refractivity contribution in [2.75, 3.05) is 34.1 Å². The Bertz CT molecular complexity index is 414. The van der Waals surface area contributed by atoms with E-state index >= 15 is 0 Å². The van der Waals surface area contributed by atoms with E-state index in [9.17, 15) is 4.79 Å². The standard InChI is InChI=1S/C14H19NO4/c1-15(9-10-16)14(17)8-5-12-3-6-13(7-4-12)19-11-18-2/h3-8,16H,9-11H2,1-2H3/b8-5+. The lowest BCUT2D eigenvalue weighted by Gasteiger charge is -2.12. The molecule has 0 heterocycles. The van der Waals surface area contributed by atoms with Crippen molar-refractivity contribution in [3.05, 3.63) is 35.9 Å². The maximum absolute atomic E-state index is 11.6. The molecule has 5 heteroatoms. The lowest BCUT2D eigenvalue weighted by molar-refractivity contribution is -0.125. The van der Waals surface area contributed by atoms with Crippen molar-refractivity contribution in [1.82, 2.24) is 4.90 Å². The second kappa shape index (κ2) is 8.29. The third kappa shape index (κ3) is 5.54. The number of rotatable bonds is 7. The minimum Gasteiger partial charge on any atom is -0.468 e. The molecule has 0 fully saturated rings. The summed E-state index contributed by atoms with van der Waals surface area (Å²) in [5, 5.41) is 8.73. The van der Waals surface area contributed by atoms with Crippen LogP contribution in [0.25, 0.3) is 6.08 Å². The highest BCUT2D eigenvalue weighted by atomic mass is 16.7. The first-order valence-corrected chi connectivity index (χ1v) is 5.93. The maximum Gasteiger partial charge on any atom is 0.246 e. The molecule has 0 aliphatic rings. The van der Waals surface area contributed by atoms with E-state index < -0.39 is 0 Å². The molecular weight excluding hydrogens is 246 g/mol.